The van der Waals surface area contributed by atoms with Crippen LogP contribution in [0.5, 0.6) is 0 Å². The number of halogens is 1. The lowest BCUT2D eigenvalue weighted by atomic mass is 10.0. The van der Waals surface area contributed by atoms with Crippen molar-refractivity contribution in [3.63, 3.8) is 0 Å². The van der Waals surface area contributed by atoms with Crippen LogP contribution in [0.3, 0.4) is 0 Å². The molecule has 0 saturated carbocycles. The highest BCUT2D eigenvalue weighted by Crippen LogP contribution is 2.40. The molecule has 1 atom stereocenters. The van der Waals surface area contributed by atoms with Crippen LogP contribution in [0.1, 0.15) is 31.1 Å². The van der Waals surface area contributed by atoms with E-state index in [4.69, 9.17) is 4.74 Å². The summed E-state index contributed by atoms with van der Waals surface area (Å²) in [4.78, 5) is 38.0. The highest BCUT2D eigenvalue weighted by atomic mass is 32.2. The number of rotatable bonds is 6. The second-order valence-corrected chi connectivity index (χ2v) is 9.36. The third-order valence-corrected chi connectivity index (χ3v) is 6.93. The number of esters is 1. The first-order valence-electron chi connectivity index (χ1n) is 9.01. The molecular formula is C20H21FN2O4S2. The Hall–Kier alpha value is -2.39. The molecule has 6 nitrogen and oxygen atoms in total. The minimum Gasteiger partial charge on any atom is -0.462 e. The van der Waals surface area contributed by atoms with E-state index in [2.05, 4.69) is 5.32 Å². The van der Waals surface area contributed by atoms with Gasteiger partial charge in [0.05, 0.1) is 11.5 Å². The molecule has 29 heavy (non-hydrogen) atoms. The molecule has 1 aromatic carbocycles. The molecule has 0 bridgehead atoms. The highest BCUT2D eigenvalue weighted by Gasteiger charge is 2.43. The van der Waals surface area contributed by atoms with Crippen LogP contribution in [0, 0.1) is 5.82 Å². The number of thiophene rings is 1. The topological polar surface area (TPSA) is 75.7 Å². The third-order valence-electron chi connectivity index (χ3n) is 4.63. The van der Waals surface area contributed by atoms with Crippen molar-refractivity contribution >= 4 is 46.4 Å². The number of nitrogens with one attached hydrogen (secondary N) is 1. The van der Waals surface area contributed by atoms with Gasteiger partial charge in [-0.2, -0.15) is 0 Å². The van der Waals surface area contributed by atoms with Gasteiger partial charge in [-0.25, -0.2) is 9.18 Å². The molecule has 2 aromatic rings. The fourth-order valence-corrected chi connectivity index (χ4v) is 5.27. The molecule has 1 saturated heterocycles. The average molecular weight is 437 g/mol. The summed E-state index contributed by atoms with van der Waals surface area (Å²) in [6.07, 6.45) is 0.675. The predicted molar refractivity (Wildman–Crippen MR) is 113 cm³/mol. The number of anilines is 1. The van der Waals surface area contributed by atoms with Crippen molar-refractivity contribution in [2.24, 2.45) is 0 Å². The molecule has 2 amide bonds. The van der Waals surface area contributed by atoms with E-state index in [-0.39, 0.29) is 23.9 Å². The Morgan fingerprint density at radius 1 is 1.34 bits per heavy atom. The molecule has 154 valence electrons. The molecule has 9 heteroatoms. The number of nitrogens with zero attached hydrogens (tertiary/aromatic N) is 1. The summed E-state index contributed by atoms with van der Waals surface area (Å²) in [6, 6.07) is 5.10. The molecule has 1 unspecified atom stereocenters. The van der Waals surface area contributed by atoms with E-state index in [9.17, 15) is 18.8 Å². The van der Waals surface area contributed by atoms with Gasteiger partial charge in [0.25, 0.3) is 0 Å². The van der Waals surface area contributed by atoms with Crippen molar-refractivity contribution in [3.05, 3.63) is 41.0 Å². The van der Waals surface area contributed by atoms with Crippen molar-refractivity contribution in [2.45, 2.75) is 31.7 Å². The van der Waals surface area contributed by atoms with Crippen LogP contribution in [0.15, 0.2) is 29.6 Å². The summed E-state index contributed by atoms with van der Waals surface area (Å²) < 4.78 is 18.5. The Morgan fingerprint density at radius 3 is 2.66 bits per heavy atom. The Labute approximate surface area is 176 Å². The molecule has 1 N–H and O–H groups in total. The zero-order valence-corrected chi connectivity index (χ0v) is 17.9. The molecular weight excluding hydrogens is 415 g/mol. The minimum atomic E-state index is -0.640. The number of benzene rings is 1. The fourth-order valence-electron chi connectivity index (χ4n) is 3.11. The van der Waals surface area contributed by atoms with E-state index in [0.29, 0.717) is 28.3 Å². The summed E-state index contributed by atoms with van der Waals surface area (Å²) in [5.41, 5.74) is 1.41. The summed E-state index contributed by atoms with van der Waals surface area (Å²) in [5.74, 6) is -0.863. The van der Waals surface area contributed by atoms with E-state index in [1.807, 2.05) is 13.8 Å². The van der Waals surface area contributed by atoms with Gasteiger partial charge in [-0.1, -0.05) is 12.1 Å². The highest BCUT2D eigenvalue weighted by molar-refractivity contribution is 8.00. The van der Waals surface area contributed by atoms with E-state index in [1.54, 1.807) is 24.4 Å². The molecule has 1 aromatic heterocycles. The minimum absolute atomic E-state index is 0.178. The van der Waals surface area contributed by atoms with Gasteiger partial charge in [-0.05, 0) is 38.5 Å². The molecule has 1 fully saturated rings. The van der Waals surface area contributed by atoms with Gasteiger partial charge in [-0.15, -0.1) is 23.1 Å². The van der Waals surface area contributed by atoms with Crippen molar-refractivity contribution in [3.8, 4) is 11.1 Å². The van der Waals surface area contributed by atoms with Gasteiger partial charge in [0.2, 0.25) is 12.3 Å². The van der Waals surface area contributed by atoms with Crippen molar-refractivity contribution in [1.82, 2.24) is 4.90 Å². The molecule has 0 radical (unpaired) electrons. The Balaban J connectivity index is 1.93. The molecule has 3 rings (SSSR count). The SMILES string of the molecule is CCOC(=O)c1c(-c2ccc(F)cc2)csc1NC(=O)C1CSC(C)(C)N1C=O. The molecule has 0 aliphatic carbocycles. The van der Waals surface area contributed by atoms with Crippen LogP contribution in [0.4, 0.5) is 9.39 Å². The van der Waals surface area contributed by atoms with Gasteiger partial charge in [0.1, 0.15) is 22.4 Å². The van der Waals surface area contributed by atoms with E-state index in [1.165, 1.54) is 40.1 Å². The summed E-state index contributed by atoms with van der Waals surface area (Å²) in [6.45, 7) is 5.62. The predicted octanol–water partition coefficient (Wildman–Crippen LogP) is 3.98. The largest absolute Gasteiger partial charge is 0.462 e. The third kappa shape index (κ3) is 4.30. The van der Waals surface area contributed by atoms with Crippen molar-refractivity contribution in [1.29, 1.82) is 0 Å². The quantitative estimate of drug-likeness (QED) is 0.548. The number of ether oxygens (including phenoxy) is 1. The fraction of sp³-hybridized carbons (Fsp3) is 0.350. The second kappa shape index (κ2) is 8.54. The average Bonchev–Trinajstić information content (AvgIpc) is 3.22. The maximum atomic E-state index is 13.3. The van der Waals surface area contributed by atoms with Crippen molar-refractivity contribution < 1.29 is 23.5 Å². The maximum Gasteiger partial charge on any atom is 0.341 e. The lowest BCUT2D eigenvalue weighted by Gasteiger charge is -2.30. The monoisotopic (exact) mass is 436 g/mol. The number of thioether (sulfide) groups is 1. The van der Waals surface area contributed by atoms with Gasteiger partial charge >= 0.3 is 5.97 Å². The summed E-state index contributed by atoms with van der Waals surface area (Å²) >= 11 is 2.70. The number of hydrogen-bond donors (Lipinski definition) is 1. The van der Waals surface area contributed by atoms with Crippen LogP contribution in [-0.4, -0.2) is 46.5 Å². The standard InChI is InChI=1S/C20H21FN2O4S2/c1-4-27-19(26)16-14(12-5-7-13(21)8-6-12)9-28-18(16)22-17(25)15-10-29-20(2,3)23(15)11-24/h5-9,11,15H,4,10H2,1-3H3,(H,22,25). The molecule has 1 aliphatic rings. The van der Waals surface area contributed by atoms with Crippen LogP contribution < -0.4 is 5.32 Å². The van der Waals surface area contributed by atoms with Crippen molar-refractivity contribution in [2.75, 3.05) is 17.7 Å². The lowest BCUT2D eigenvalue weighted by molar-refractivity contribution is -0.130. The normalized spacial score (nSPS) is 17.8. The van der Waals surface area contributed by atoms with Gasteiger partial charge in [0, 0.05) is 16.7 Å². The maximum absolute atomic E-state index is 13.3. The number of carbonyl (C=O) groups is 3. The van der Waals surface area contributed by atoms with Gasteiger partial charge in [0.15, 0.2) is 0 Å². The first-order chi connectivity index (χ1) is 13.8. The molecule has 2 heterocycles. The van der Waals surface area contributed by atoms with E-state index >= 15 is 0 Å². The van der Waals surface area contributed by atoms with Crippen LogP contribution in [0.2, 0.25) is 0 Å². The van der Waals surface area contributed by atoms with Crippen LogP contribution in [0.25, 0.3) is 11.1 Å². The van der Waals surface area contributed by atoms with Crippen LogP contribution in [-0.2, 0) is 14.3 Å². The van der Waals surface area contributed by atoms with E-state index in [0.717, 1.165) is 0 Å². The zero-order valence-electron chi connectivity index (χ0n) is 16.2. The first-order valence-corrected chi connectivity index (χ1v) is 10.9. The molecule has 1 aliphatic heterocycles. The van der Waals surface area contributed by atoms with Crippen LogP contribution >= 0.6 is 23.1 Å². The molecule has 0 spiro atoms. The zero-order chi connectivity index (χ0) is 21.2. The number of carbonyl (C=O) groups excluding carboxylic acids is 3. The Kier molecular flexibility index (Phi) is 6.28. The second-order valence-electron chi connectivity index (χ2n) is 6.86. The first kappa shape index (κ1) is 21.3. The Morgan fingerprint density at radius 2 is 2.03 bits per heavy atom. The van der Waals surface area contributed by atoms with Gasteiger partial charge < -0.3 is 15.0 Å². The smallest absolute Gasteiger partial charge is 0.341 e. The Bertz CT molecular complexity index is 927. The summed E-state index contributed by atoms with van der Waals surface area (Å²) in [7, 11) is 0. The number of hydrogen-bond acceptors (Lipinski definition) is 6. The van der Waals surface area contributed by atoms with E-state index < -0.39 is 16.9 Å². The van der Waals surface area contributed by atoms with Gasteiger partial charge in [-0.3, -0.25) is 9.59 Å². The summed E-state index contributed by atoms with van der Waals surface area (Å²) in [5, 5.41) is 4.85. The number of amides is 2. The lowest BCUT2D eigenvalue weighted by Crippen LogP contribution is -2.47.